The third kappa shape index (κ3) is 4.98. The number of amides is 2. The van der Waals surface area contributed by atoms with E-state index in [0.717, 1.165) is 43.6 Å². The van der Waals surface area contributed by atoms with Crippen LogP contribution in [0, 0.1) is 5.92 Å². The number of rotatable bonds is 6. The van der Waals surface area contributed by atoms with E-state index in [1.54, 1.807) is 6.92 Å². The monoisotopic (exact) mass is 331 g/mol. The number of hydrogen-bond acceptors (Lipinski definition) is 3. The van der Waals surface area contributed by atoms with Crippen LogP contribution in [0.5, 0.6) is 0 Å². The average Bonchev–Trinajstić information content (AvgIpc) is 2.59. The normalized spacial score (nSPS) is 16.5. The Morgan fingerprint density at radius 3 is 2.54 bits per heavy atom. The Morgan fingerprint density at radius 1 is 1.25 bits per heavy atom. The van der Waals surface area contributed by atoms with Crippen molar-refractivity contribution >= 4 is 17.5 Å². The summed E-state index contributed by atoms with van der Waals surface area (Å²) < 4.78 is 0. The highest BCUT2D eigenvalue weighted by atomic mass is 16.2. The van der Waals surface area contributed by atoms with Gasteiger partial charge in [0.2, 0.25) is 5.91 Å². The second kappa shape index (κ2) is 8.71. The lowest BCUT2D eigenvalue weighted by molar-refractivity contribution is -0.119. The first-order chi connectivity index (χ1) is 11.5. The molecule has 1 aromatic carbocycles. The topological polar surface area (TPSA) is 61.4 Å². The van der Waals surface area contributed by atoms with Crippen molar-refractivity contribution in [2.75, 3.05) is 24.5 Å². The summed E-state index contributed by atoms with van der Waals surface area (Å²) in [5.41, 5.74) is 1.72. The van der Waals surface area contributed by atoms with E-state index in [-0.39, 0.29) is 17.9 Å². The molecule has 0 unspecified atom stereocenters. The summed E-state index contributed by atoms with van der Waals surface area (Å²) in [5.74, 6) is 0.502. The summed E-state index contributed by atoms with van der Waals surface area (Å²) in [6, 6.07) is 8.02. The number of carbonyl (C=O) groups excluding carboxylic acids is 2. The zero-order valence-electron chi connectivity index (χ0n) is 15.0. The Balaban J connectivity index is 2.01. The number of anilines is 1. The van der Waals surface area contributed by atoms with Crippen molar-refractivity contribution < 1.29 is 9.59 Å². The summed E-state index contributed by atoms with van der Waals surface area (Å²) >= 11 is 0. The van der Waals surface area contributed by atoms with E-state index in [0.29, 0.717) is 12.5 Å². The second-order valence-corrected chi connectivity index (χ2v) is 6.70. The Morgan fingerprint density at radius 2 is 1.92 bits per heavy atom. The molecular formula is C19H29N3O2. The molecule has 24 heavy (non-hydrogen) atoms. The molecule has 0 spiro atoms. The SMILES string of the molecule is CC[C@@H](C)CNC(=O)c1ccccc1N1CCC(NC(C)=O)CC1. The van der Waals surface area contributed by atoms with Crippen LogP contribution >= 0.6 is 0 Å². The van der Waals surface area contributed by atoms with Gasteiger partial charge in [0.05, 0.1) is 5.56 Å². The lowest BCUT2D eigenvalue weighted by Crippen LogP contribution is -2.44. The van der Waals surface area contributed by atoms with Crippen LogP contribution in [0.2, 0.25) is 0 Å². The number of piperidine rings is 1. The van der Waals surface area contributed by atoms with Crippen LogP contribution in [0.3, 0.4) is 0 Å². The van der Waals surface area contributed by atoms with Crippen LogP contribution in [-0.4, -0.2) is 37.5 Å². The lowest BCUT2D eigenvalue weighted by Gasteiger charge is -2.34. The maximum Gasteiger partial charge on any atom is 0.253 e. The maximum absolute atomic E-state index is 12.5. The van der Waals surface area contributed by atoms with Crippen molar-refractivity contribution in [3.63, 3.8) is 0 Å². The summed E-state index contributed by atoms with van der Waals surface area (Å²) in [5, 5.41) is 6.03. The molecule has 1 atom stereocenters. The van der Waals surface area contributed by atoms with Crippen LogP contribution in [-0.2, 0) is 4.79 Å². The molecule has 1 fully saturated rings. The smallest absolute Gasteiger partial charge is 0.253 e. The first kappa shape index (κ1) is 18.3. The first-order valence-corrected chi connectivity index (χ1v) is 8.90. The summed E-state index contributed by atoms with van der Waals surface area (Å²) in [6.07, 6.45) is 2.86. The Labute approximate surface area is 144 Å². The second-order valence-electron chi connectivity index (χ2n) is 6.70. The largest absolute Gasteiger partial charge is 0.371 e. The zero-order chi connectivity index (χ0) is 17.5. The zero-order valence-corrected chi connectivity index (χ0v) is 15.0. The van der Waals surface area contributed by atoms with Gasteiger partial charge >= 0.3 is 0 Å². The molecule has 1 aromatic rings. The van der Waals surface area contributed by atoms with Crippen molar-refractivity contribution in [1.29, 1.82) is 0 Å². The van der Waals surface area contributed by atoms with Crippen molar-refractivity contribution in [2.45, 2.75) is 46.1 Å². The Kier molecular flexibility index (Phi) is 6.64. The van der Waals surface area contributed by atoms with E-state index in [1.807, 2.05) is 24.3 Å². The third-order valence-electron chi connectivity index (χ3n) is 4.70. The molecule has 5 nitrogen and oxygen atoms in total. The van der Waals surface area contributed by atoms with Crippen LogP contribution in [0.15, 0.2) is 24.3 Å². The number of carbonyl (C=O) groups is 2. The average molecular weight is 331 g/mol. The van der Waals surface area contributed by atoms with Gasteiger partial charge in [0.15, 0.2) is 0 Å². The van der Waals surface area contributed by atoms with Crippen LogP contribution in [0.25, 0.3) is 0 Å². The lowest BCUT2D eigenvalue weighted by atomic mass is 10.0. The molecule has 132 valence electrons. The third-order valence-corrected chi connectivity index (χ3v) is 4.70. The molecule has 0 bridgehead atoms. The fourth-order valence-electron chi connectivity index (χ4n) is 3.00. The molecule has 1 saturated heterocycles. The highest BCUT2D eigenvalue weighted by molar-refractivity contribution is 5.99. The molecule has 2 N–H and O–H groups in total. The van der Waals surface area contributed by atoms with Crippen LogP contribution in [0.1, 0.15) is 50.4 Å². The van der Waals surface area contributed by atoms with Gasteiger partial charge in [0, 0.05) is 38.3 Å². The van der Waals surface area contributed by atoms with Gasteiger partial charge in [-0.3, -0.25) is 9.59 Å². The predicted molar refractivity (Wildman–Crippen MR) is 97.3 cm³/mol. The Bertz CT molecular complexity index is 565. The molecular weight excluding hydrogens is 302 g/mol. The quantitative estimate of drug-likeness (QED) is 0.842. The van der Waals surface area contributed by atoms with Crippen LogP contribution in [0.4, 0.5) is 5.69 Å². The number of hydrogen-bond donors (Lipinski definition) is 2. The standard InChI is InChI=1S/C19H29N3O2/c1-4-14(2)13-20-19(24)17-7-5-6-8-18(17)22-11-9-16(10-12-22)21-15(3)23/h5-8,14,16H,4,9-13H2,1-3H3,(H,20,24)(H,21,23)/t14-/m1/s1. The summed E-state index contributed by atoms with van der Waals surface area (Å²) in [7, 11) is 0. The van der Waals surface area contributed by atoms with Gasteiger partial charge < -0.3 is 15.5 Å². The fraction of sp³-hybridized carbons (Fsp3) is 0.579. The van der Waals surface area contributed by atoms with Crippen molar-refractivity contribution in [3.8, 4) is 0 Å². The van der Waals surface area contributed by atoms with Crippen molar-refractivity contribution in [1.82, 2.24) is 10.6 Å². The van der Waals surface area contributed by atoms with E-state index in [1.165, 1.54) is 0 Å². The van der Waals surface area contributed by atoms with E-state index < -0.39 is 0 Å². The molecule has 1 heterocycles. The minimum Gasteiger partial charge on any atom is -0.371 e. The van der Waals surface area contributed by atoms with Gasteiger partial charge in [-0.2, -0.15) is 0 Å². The van der Waals surface area contributed by atoms with Crippen LogP contribution < -0.4 is 15.5 Å². The van der Waals surface area contributed by atoms with Gasteiger partial charge in [-0.25, -0.2) is 0 Å². The molecule has 0 radical (unpaired) electrons. The summed E-state index contributed by atoms with van der Waals surface area (Å²) in [4.78, 5) is 26.0. The maximum atomic E-state index is 12.5. The van der Waals surface area contributed by atoms with Crippen molar-refractivity contribution in [3.05, 3.63) is 29.8 Å². The predicted octanol–water partition coefficient (Wildman–Crippen LogP) is 2.57. The molecule has 5 heteroatoms. The first-order valence-electron chi connectivity index (χ1n) is 8.90. The van der Waals surface area contributed by atoms with E-state index in [9.17, 15) is 9.59 Å². The number of benzene rings is 1. The van der Waals surface area contributed by atoms with Gasteiger partial charge in [-0.15, -0.1) is 0 Å². The van der Waals surface area contributed by atoms with Gasteiger partial charge in [-0.1, -0.05) is 32.4 Å². The van der Waals surface area contributed by atoms with E-state index >= 15 is 0 Å². The molecule has 0 saturated carbocycles. The van der Waals surface area contributed by atoms with Gasteiger partial charge in [0.25, 0.3) is 5.91 Å². The molecule has 2 amide bonds. The molecule has 1 aliphatic rings. The van der Waals surface area contributed by atoms with Crippen molar-refractivity contribution in [2.24, 2.45) is 5.92 Å². The minimum absolute atomic E-state index is 0.00474. The number of nitrogens with zero attached hydrogens (tertiary/aromatic N) is 1. The highest BCUT2D eigenvalue weighted by Crippen LogP contribution is 2.24. The molecule has 1 aliphatic heterocycles. The Hall–Kier alpha value is -2.04. The van der Waals surface area contributed by atoms with Gasteiger partial charge in [0.1, 0.15) is 0 Å². The minimum atomic E-state index is -0.00474. The molecule has 0 aliphatic carbocycles. The molecule has 2 rings (SSSR count). The number of nitrogens with one attached hydrogen (secondary N) is 2. The summed E-state index contributed by atoms with van der Waals surface area (Å²) in [6.45, 7) is 8.22. The van der Waals surface area contributed by atoms with E-state index in [4.69, 9.17) is 0 Å². The highest BCUT2D eigenvalue weighted by Gasteiger charge is 2.23. The number of para-hydroxylation sites is 1. The molecule has 0 aromatic heterocycles. The fourth-order valence-corrected chi connectivity index (χ4v) is 3.00. The van der Waals surface area contributed by atoms with E-state index in [2.05, 4.69) is 29.4 Å². The van der Waals surface area contributed by atoms with Gasteiger partial charge in [-0.05, 0) is 30.9 Å².